The SMILES string of the molecule is CN(Cc1cnn(C)c1)c1ncc(CNC2CC2)cn1. The van der Waals surface area contributed by atoms with E-state index in [2.05, 4.69) is 20.4 Å². The van der Waals surface area contributed by atoms with Crippen LogP contribution in [0, 0.1) is 0 Å². The van der Waals surface area contributed by atoms with Crippen molar-refractivity contribution in [2.24, 2.45) is 7.05 Å². The molecule has 6 heteroatoms. The summed E-state index contributed by atoms with van der Waals surface area (Å²) in [5, 5.41) is 7.62. The normalized spacial score (nSPS) is 14.5. The largest absolute Gasteiger partial charge is 0.339 e. The zero-order valence-electron chi connectivity index (χ0n) is 12.0. The van der Waals surface area contributed by atoms with Crippen LogP contribution in [0.15, 0.2) is 24.8 Å². The van der Waals surface area contributed by atoms with E-state index in [0.29, 0.717) is 6.04 Å². The lowest BCUT2D eigenvalue weighted by Gasteiger charge is -2.16. The third kappa shape index (κ3) is 3.33. The van der Waals surface area contributed by atoms with Gasteiger partial charge in [-0.1, -0.05) is 0 Å². The van der Waals surface area contributed by atoms with E-state index < -0.39 is 0 Å². The second kappa shape index (κ2) is 5.58. The van der Waals surface area contributed by atoms with Gasteiger partial charge in [-0.3, -0.25) is 4.68 Å². The number of hydrogen-bond acceptors (Lipinski definition) is 5. The minimum Gasteiger partial charge on any atom is -0.339 e. The fourth-order valence-corrected chi connectivity index (χ4v) is 2.08. The van der Waals surface area contributed by atoms with Crippen LogP contribution in [-0.4, -0.2) is 32.8 Å². The minimum absolute atomic E-state index is 0.711. The molecule has 106 valence electrons. The van der Waals surface area contributed by atoms with Crippen LogP contribution in [0.2, 0.25) is 0 Å². The first-order valence-electron chi connectivity index (χ1n) is 6.93. The van der Waals surface area contributed by atoms with Gasteiger partial charge < -0.3 is 10.2 Å². The molecule has 2 heterocycles. The van der Waals surface area contributed by atoms with Gasteiger partial charge in [-0.05, 0) is 12.8 Å². The van der Waals surface area contributed by atoms with Crippen LogP contribution in [0.25, 0.3) is 0 Å². The number of aryl methyl sites for hydroxylation is 1. The standard InChI is InChI=1S/C14H20N6/c1-19(9-12-8-18-20(2)10-12)14-16-6-11(7-17-14)5-15-13-3-4-13/h6-8,10,13,15H,3-5,9H2,1-2H3. The van der Waals surface area contributed by atoms with Gasteiger partial charge in [-0.15, -0.1) is 0 Å². The molecule has 0 aromatic carbocycles. The molecule has 1 aliphatic carbocycles. The number of nitrogens with one attached hydrogen (secondary N) is 1. The Morgan fingerprint density at radius 1 is 1.25 bits per heavy atom. The topological polar surface area (TPSA) is 58.9 Å². The molecule has 1 N–H and O–H groups in total. The number of hydrogen-bond donors (Lipinski definition) is 1. The fraction of sp³-hybridized carbons (Fsp3) is 0.500. The van der Waals surface area contributed by atoms with Crippen LogP contribution in [0.5, 0.6) is 0 Å². The number of anilines is 1. The summed E-state index contributed by atoms with van der Waals surface area (Å²) in [5.41, 5.74) is 2.29. The van der Waals surface area contributed by atoms with Crippen molar-refractivity contribution in [3.63, 3.8) is 0 Å². The molecule has 2 aromatic heterocycles. The van der Waals surface area contributed by atoms with Crippen molar-refractivity contribution in [3.05, 3.63) is 35.9 Å². The molecule has 6 nitrogen and oxygen atoms in total. The Morgan fingerprint density at radius 3 is 2.60 bits per heavy atom. The first-order chi connectivity index (χ1) is 9.70. The molecule has 2 aromatic rings. The third-order valence-electron chi connectivity index (χ3n) is 3.38. The highest BCUT2D eigenvalue weighted by Crippen LogP contribution is 2.19. The molecule has 0 spiro atoms. The van der Waals surface area contributed by atoms with Gasteiger partial charge in [0.15, 0.2) is 0 Å². The summed E-state index contributed by atoms with van der Waals surface area (Å²) >= 11 is 0. The molecule has 1 saturated carbocycles. The number of aromatic nitrogens is 4. The average molecular weight is 272 g/mol. The van der Waals surface area contributed by atoms with Crippen LogP contribution >= 0.6 is 0 Å². The molecule has 0 aliphatic heterocycles. The first-order valence-corrected chi connectivity index (χ1v) is 6.93. The van der Waals surface area contributed by atoms with Gasteiger partial charge in [0.2, 0.25) is 5.95 Å². The van der Waals surface area contributed by atoms with Gasteiger partial charge in [0, 0.05) is 62.9 Å². The number of rotatable bonds is 6. The number of nitrogens with zero attached hydrogens (tertiary/aromatic N) is 5. The van der Waals surface area contributed by atoms with Crippen molar-refractivity contribution >= 4 is 5.95 Å². The first kappa shape index (κ1) is 13.1. The van der Waals surface area contributed by atoms with Crippen molar-refractivity contribution in [1.29, 1.82) is 0 Å². The highest BCUT2D eigenvalue weighted by molar-refractivity contribution is 5.30. The molecule has 0 amide bonds. The van der Waals surface area contributed by atoms with Crippen molar-refractivity contribution in [2.75, 3.05) is 11.9 Å². The summed E-state index contributed by atoms with van der Waals surface area (Å²) in [6, 6.07) is 0.711. The lowest BCUT2D eigenvalue weighted by atomic mass is 10.3. The predicted octanol–water partition coefficient (Wildman–Crippen LogP) is 1.10. The summed E-state index contributed by atoms with van der Waals surface area (Å²) in [4.78, 5) is 10.9. The molecule has 0 radical (unpaired) electrons. The fourth-order valence-electron chi connectivity index (χ4n) is 2.08. The monoisotopic (exact) mass is 272 g/mol. The van der Waals surface area contributed by atoms with E-state index in [4.69, 9.17) is 0 Å². The molecular formula is C14H20N6. The lowest BCUT2D eigenvalue weighted by Crippen LogP contribution is -2.20. The zero-order valence-corrected chi connectivity index (χ0v) is 12.0. The van der Waals surface area contributed by atoms with Crippen LogP contribution in [0.1, 0.15) is 24.0 Å². The Morgan fingerprint density at radius 2 is 2.00 bits per heavy atom. The quantitative estimate of drug-likeness (QED) is 0.853. The Kier molecular flexibility index (Phi) is 3.64. The Bertz CT molecular complexity index is 557. The molecule has 20 heavy (non-hydrogen) atoms. The van der Waals surface area contributed by atoms with Crippen LogP contribution in [0.3, 0.4) is 0 Å². The Labute approximate surface area is 118 Å². The van der Waals surface area contributed by atoms with Crippen molar-refractivity contribution in [3.8, 4) is 0 Å². The van der Waals surface area contributed by atoms with E-state index >= 15 is 0 Å². The molecule has 0 saturated heterocycles. The molecule has 1 aliphatic rings. The van der Waals surface area contributed by atoms with Crippen LogP contribution in [0.4, 0.5) is 5.95 Å². The van der Waals surface area contributed by atoms with E-state index in [1.54, 1.807) is 4.68 Å². The smallest absolute Gasteiger partial charge is 0.225 e. The molecule has 1 fully saturated rings. The second-order valence-corrected chi connectivity index (χ2v) is 5.42. The maximum Gasteiger partial charge on any atom is 0.225 e. The molecule has 0 atom stereocenters. The summed E-state index contributed by atoms with van der Waals surface area (Å²) in [6.07, 6.45) is 10.3. The molecule has 0 unspecified atom stereocenters. The van der Waals surface area contributed by atoms with Crippen molar-refractivity contribution in [1.82, 2.24) is 25.1 Å². The highest BCUT2D eigenvalue weighted by Gasteiger charge is 2.20. The Balaban J connectivity index is 1.57. The van der Waals surface area contributed by atoms with Gasteiger partial charge in [-0.25, -0.2) is 9.97 Å². The maximum absolute atomic E-state index is 4.43. The van der Waals surface area contributed by atoms with Crippen LogP contribution in [-0.2, 0) is 20.1 Å². The molecule has 3 rings (SSSR count). The third-order valence-corrected chi connectivity index (χ3v) is 3.38. The maximum atomic E-state index is 4.43. The lowest BCUT2D eigenvalue weighted by molar-refractivity contribution is 0.682. The minimum atomic E-state index is 0.711. The van der Waals surface area contributed by atoms with Gasteiger partial charge in [0.25, 0.3) is 0 Å². The predicted molar refractivity (Wildman–Crippen MR) is 77.2 cm³/mol. The van der Waals surface area contributed by atoms with Gasteiger partial charge in [0.1, 0.15) is 0 Å². The van der Waals surface area contributed by atoms with E-state index in [1.807, 2.05) is 43.8 Å². The van der Waals surface area contributed by atoms with E-state index in [-0.39, 0.29) is 0 Å². The van der Waals surface area contributed by atoms with Crippen molar-refractivity contribution in [2.45, 2.75) is 32.0 Å². The highest BCUT2D eigenvalue weighted by atomic mass is 15.3. The molecule has 0 bridgehead atoms. The van der Waals surface area contributed by atoms with E-state index in [1.165, 1.54) is 12.8 Å². The van der Waals surface area contributed by atoms with Crippen molar-refractivity contribution < 1.29 is 0 Å². The summed E-state index contributed by atoms with van der Waals surface area (Å²) < 4.78 is 1.80. The second-order valence-electron chi connectivity index (χ2n) is 5.42. The van der Waals surface area contributed by atoms with E-state index in [0.717, 1.165) is 30.2 Å². The summed E-state index contributed by atoms with van der Waals surface area (Å²) in [5.74, 6) is 0.740. The summed E-state index contributed by atoms with van der Waals surface area (Å²) in [7, 11) is 3.91. The zero-order chi connectivity index (χ0) is 13.9. The van der Waals surface area contributed by atoms with Gasteiger partial charge >= 0.3 is 0 Å². The van der Waals surface area contributed by atoms with Gasteiger partial charge in [0.05, 0.1) is 6.20 Å². The molecular weight excluding hydrogens is 252 g/mol. The summed E-state index contributed by atoms with van der Waals surface area (Å²) in [6.45, 7) is 1.62. The van der Waals surface area contributed by atoms with Crippen LogP contribution < -0.4 is 10.2 Å². The van der Waals surface area contributed by atoms with E-state index in [9.17, 15) is 0 Å². The van der Waals surface area contributed by atoms with Gasteiger partial charge in [-0.2, -0.15) is 5.10 Å². The Hall–Kier alpha value is -1.95. The average Bonchev–Trinajstić information content (AvgIpc) is 3.20.